The van der Waals surface area contributed by atoms with E-state index in [1.807, 2.05) is 37.8 Å². The molecule has 0 radical (unpaired) electrons. The van der Waals surface area contributed by atoms with E-state index in [4.69, 9.17) is 33.7 Å². The second kappa shape index (κ2) is 17.6. The van der Waals surface area contributed by atoms with E-state index in [0.717, 1.165) is 48.1 Å². The molecule has 0 fully saturated rings. The van der Waals surface area contributed by atoms with Crippen LogP contribution in [0.4, 0.5) is 11.4 Å². The van der Waals surface area contributed by atoms with Crippen LogP contribution in [0, 0.1) is 0 Å². The van der Waals surface area contributed by atoms with Crippen molar-refractivity contribution in [3.8, 4) is 23.0 Å². The van der Waals surface area contributed by atoms with E-state index in [1.54, 1.807) is 66.6 Å². The Morgan fingerprint density at radius 1 is 0.667 bits per heavy atom. The van der Waals surface area contributed by atoms with Gasteiger partial charge in [-0.15, -0.1) is 0 Å². The Kier molecular flexibility index (Phi) is 11.8. The number of amides is 2. The maximum Gasteiger partial charge on any atom is 0.337 e. The van der Waals surface area contributed by atoms with Gasteiger partial charge in [-0.2, -0.15) is 0 Å². The number of ether oxygens (including phenoxy) is 5. The van der Waals surface area contributed by atoms with Crippen molar-refractivity contribution in [2.75, 3.05) is 41.6 Å². The number of unbranched alkanes of at least 4 members (excludes halogenated alkanes) is 2. The minimum atomic E-state index is -0.399. The summed E-state index contributed by atoms with van der Waals surface area (Å²) in [4.78, 5) is 52.3. The van der Waals surface area contributed by atoms with Crippen molar-refractivity contribution < 1.29 is 38.1 Å². The first kappa shape index (κ1) is 40.1. The first-order valence-corrected chi connectivity index (χ1v) is 20.1. The lowest BCUT2D eigenvalue weighted by atomic mass is 10.0. The van der Waals surface area contributed by atoms with E-state index in [2.05, 4.69) is 29.6 Å². The summed E-state index contributed by atoms with van der Waals surface area (Å²) >= 11 is 0. The molecule has 13 heteroatoms. The van der Waals surface area contributed by atoms with Gasteiger partial charge in [0, 0.05) is 56.3 Å². The van der Waals surface area contributed by atoms with Gasteiger partial charge in [0.25, 0.3) is 11.8 Å². The molecule has 0 saturated carbocycles. The Hall–Kier alpha value is -6.73. The Balaban J connectivity index is 0.841. The lowest BCUT2D eigenvalue weighted by molar-refractivity contribution is 0.0600. The number of hydrogen-bond acceptors (Lipinski definition) is 11. The lowest BCUT2D eigenvalue weighted by Crippen LogP contribution is -2.32. The second-order valence-electron chi connectivity index (χ2n) is 14.9. The highest BCUT2D eigenvalue weighted by atomic mass is 16.5. The van der Waals surface area contributed by atoms with E-state index >= 15 is 0 Å². The molecule has 0 saturated heterocycles. The van der Waals surface area contributed by atoms with Gasteiger partial charge in [0.05, 0.1) is 74.7 Å². The number of methoxy groups -OCH3 is 3. The normalized spacial score (nSPS) is 17.5. The van der Waals surface area contributed by atoms with Crippen LogP contribution in [0.2, 0.25) is 0 Å². The summed E-state index contributed by atoms with van der Waals surface area (Å²) in [7, 11) is 6.39. The molecule has 4 aromatic carbocycles. The Morgan fingerprint density at radius 2 is 1.15 bits per heavy atom. The van der Waals surface area contributed by atoms with Crippen LogP contribution in [0.1, 0.15) is 79.9 Å². The van der Waals surface area contributed by atoms with Crippen molar-refractivity contribution in [1.29, 1.82) is 0 Å². The van der Waals surface area contributed by atoms with Gasteiger partial charge in [0.15, 0.2) is 23.0 Å². The second-order valence-corrected chi connectivity index (χ2v) is 14.9. The number of benzene rings is 4. The van der Waals surface area contributed by atoms with Crippen LogP contribution in [-0.4, -0.2) is 93.7 Å². The van der Waals surface area contributed by atoms with Crippen molar-refractivity contribution in [2.24, 2.45) is 9.98 Å². The molecular weight excluding hydrogens is 763 g/mol. The van der Waals surface area contributed by atoms with Gasteiger partial charge in [-0.1, -0.05) is 36.4 Å². The molecule has 0 bridgehead atoms. The molecular formula is C47H47N5O8. The zero-order valence-corrected chi connectivity index (χ0v) is 34.1. The average Bonchev–Trinajstić information content (AvgIpc) is 3.86. The van der Waals surface area contributed by atoms with Crippen LogP contribution in [0.3, 0.4) is 0 Å². The largest absolute Gasteiger partial charge is 0.493 e. The zero-order chi connectivity index (χ0) is 41.8. The van der Waals surface area contributed by atoms with Crippen molar-refractivity contribution in [3.63, 3.8) is 0 Å². The van der Waals surface area contributed by atoms with Crippen LogP contribution < -0.4 is 24.3 Å². The van der Waals surface area contributed by atoms with Crippen molar-refractivity contribution in [3.05, 3.63) is 119 Å². The quantitative estimate of drug-likeness (QED) is 0.0942. The first-order chi connectivity index (χ1) is 29.3. The fourth-order valence-electron chi connectivity index (χ4n) is 7.87. The van der Waals surface area contributed by atoms with Crippen LogP contribution in [0.15, 0.2) is 95.2 Å². The predicted octanol–water partition coefficient (Wildman–Crippen LogP) is 7.78. The lowest BCUT2D eigenvalue weighted by Gasteiger charge is -2.19. The monoisotopic (exact) mass is 809 g/mol. The summed E-state index contributed by atoms with van der Waals surface area (Å²) in [6.45, 7) is 1.67. The van der Waals surface area contributed by atoms with Gasteiger partial charge in [0.2, 0.25) is 0 Å². The van der Waals surface area contributed by atoms with Gasteiger partial charge in [-0.3, -0.25) is 19.6 Å². The number of nitrogens with zero attached hydrogens (tertiary/aromatic N) is 4. The van der Waals surface area contributed by atoms with Crippen LogP contribution in [0.25, 0.3) is 11.1 Å². The molecule has 308 valence electrons. The van der Waals surface area contributed by atoms with Gasteiger partial charge in [-0.05, 0) is 78.4 Å². The van der Waals surface area contributed by atoms with E-state index < -0.39 is 5.97 Å². The summed E-state index contributed by atoms with van der Waals surface area (Å²) < 4.78 is 28.4. The summed E-state index contributed by atoms with van der Waals surface area (Å²) in [5, 5.41) is 3.17. The molecule has 0 unspecified atom stereocenters. The van der Waals surface area contributed by atoms with Crippen molar-refractivity contribution >= 4 is 52.7 Å². The Bertz CT molecular complexity index is 2420. The molecule has 0 spiro atoms. The number of esters is 1. The van der Waals surface area contributed by atoms with Crippen LogP contribution in [0.5, 0.6) is 23.0 Å². The fraction of sp³-hybridized carbons (Fsp3) is 0.298. The third kappa shape index (κ3) is 8.13. The highest BCUT2D eigenvalue weighted by molar-refractivity contribution is 6.06. The van der Waals surface area contributed by atoms with Crippen molar-refractivity contribution in [1.82, 2.24) is 15.1 Å². The summed E-state index contributed by atoms with van der Waals surface area (Å²) in [5.74, 6) is 1.26. The highest BCUT2D eigenvalue weighted by Crippen LogP contribution is 2.42. The summed E-state index contributed by atoms with van der Waals surface area (Å²) in [5.41, 5.74) is 7.70. The third-order valence-electron chi connectivity index (χ3n) is 11.1. The number of aliphatic imine (C=N–C) groups is 2. The SMILES string of the molecule is CNCc1ccc(C2=CN3C(=O)c4cc(OC)c(OCCCCCOc5cc6c(cc5OC)C(=O)N5C=C(c7ccc(C(=O)OC)cc7)C[C@H]5C=N6)cc4N=C[C@@H]3C2)cc1. The molecule has 0 aliphatic carbocycles. The molecule has 13 nitrogen and oxygen atoms in total. The average molecular weight is 810 g/mol. The number of rotatable bonds is 15. The minimum Gasteiger partial charge on any atom is -0.493 e. The standard InChI is InChI=1S/C47H47N5O8/c1-48-24-29-8-10-30(11-9-29)33-18-35-25-49-39-22-43(41(56-2)20-37(39)45(53)51(35)27-33)59-16-6-5-7-17-60-44-23-40-38(21-42(44)57-3)46(54)52-28-34(19-36(52)26-50-40)31-12-14-32(15-13-31)47(55)58-4/h8-15,20-23,25-28,35-36,48H,5-7,16-19,24H2,1-4H3/t35-,36-/m0/s1. The molecule has 4 aliphatic heterocycles. The zero-order valence-electron chi connectivity index (χ0n) is 34.1. The van der Waals surface area contributed by atoms with Gasteiger partial charge >= 0.3 is 5.97 Å². The molecule has 2 atom stereocenters. The van der Waals surface area contributed by atoms with E-state index in [0.29, 0.717) is 77.1 Å². The third-order valence-corrected chi connectivity index (χ3v) is 11.1. The van der Waals surface area contributed by atoms with Crippen molar-refractivity contribution in [2.45, 2.75) is 50.7 Å². The molecule has 60 heavy (non-hydrogen) atoms. The minimum absolute atomic E-state index is 0.128. The molecule has 0 aromatic heterocycles. The highest BCUT2D eigenvalue weighted by Gasteiger charge is 2.35. The number of carbonyl (C=O) groups is 3. The predicted molar refractivity (Wildman–Crippen MR) is 229 cm³/mol. The molecule has 4 aliphatic rings. The summed E-state index contributed by atoms with van der Waals surface area (Å²) in [6.07, 6.45) is 11.0. The maximum atomic E-state index is 13.8. The smallest absolute Gasteiger partial charge is 0.337 e. The topological polar surface area (TPSA) is 141 Å². The summed E-state index contributed by atoms with van der Waals surface area (Å²) in [6, 6.07) is 22.1. The van der Waals surface area contributed by atoms with Crippen LogP contribution >= 0.6 is 0 Å². The molecule has 2 amide bonds. The molecule has 4 heterocycles. The van der Waals surface area contributed by atoms with E-state index in [1.165, 1.54) is 12.7 Å². The van der Waals surface area contributed by atoms with Crippen LogP contribution in [-0.2, 0) is 11.3 Å². The molecule has 8 rings (SSSR count). The van der Waals surface area contributed by atoms with E-state index in [-0.39, 0.29) is 23.9 Å². The van der Waals surface area contributed by atoms with Gasteiger partial charge in [0.1, 0.15) is 0 Å². The number of hydrogen-bond donors (Lipinski definition) is 1. The first-order valence-electron chi connectivity index (χ1n) is 20.1. The van der Waals surface area contributed by atoms with Gasteiger partial charge in [-0.25, -0.2) is 4.79 Å². The fourth-order valence-corrected chi connectivity index (χ4v) is 7.87. The number of fused-ring (bicyclic) bond motifs is 4. The maximum absolute atomic E-state index is 13.8. The number of carbonyl (C=O) groups excluding carboxylic acids is 3. The molecule has 1 N–H and O–H groups in total. The molecule has 4 aromatic rings. The van der Waals surface area contributed by atoms with E-state index in [9.17, 15) is 14.4 Å². The Labute approximate surface area is 349 Å². The van der Waals surface area contributed by atoms with Gasteiger partial charge < -0.3 is 38.8 Å². The number of nitrogens with one attached hydrogen (secondary N) is 1. The Morgan fingerprint density at radius 3 is 1.60 bits per heavy atom.